The van der Waals surface area contributed by atoms with Gasteiger partial charge >= 0.3 is 0 Å². The minimum atomic E-state index is -0.187. The SMILES string of the molecule is Fc1cc(Br)ccc1CNCCc1cnc[nH]1. The van der Waals surface area contributed by atoms with Gasteiger partial charge in [0.1, 0.15) is 5.82 Å². The van der Waals surface area contributed by atoms with E-state index in [1.807, 2.05) is 6.07 Å². The summed E-state index contributed by atoms with van der Waals surface area (Å²) in [7, 11) is 0. The van der Waals surface area contributed by atoms with Gasteiger partial charge in [0, 0.05) is 41.4 Å². The average Bonchev–Trinajstić information content (AvgIpc) is 2.79. The van der Waals surface area contributed by atoms with Crippen molar-refractivity contribution in [2.75, 3.05) is 6.54 Å². The Morgan fingerprint density at radius 1 is 1.41 bits per heavy atom. The maximum atomic E-state index is 13.5. The second-order valence-electron chi connectivity index (χ2n) is 3.74. The van der Waals surface area contributed by atoms with E-state index >= 15 is 0 Å². The Hall–Kier alpha value is -1.20. The van der Waals surface area contributed by atoms with Crippen LogP contribution in [0.2, 0.25) is 0 Å². The lowest BCUT2D eigenvalue weighted by atomic mass is 10.2. The zero-order chi connectivity index (χ0) is 12.1. The lowest BCUT2D eigenvalue weighted by molar-refractivity contribution is 0.587. The second-order valence-corrected chi connectivity index (χ2v) is 4.66. The van der Waals surface area contributed by atoms with Crippen molar-refractivity contribution in [2.45, 2.75) is 13.0 Å². The third-order valence-electron chi connectivity index (χ3n) is 2.46. The molecule has 90 valence electrons. The van der Waals surface area contributed by atoms with Crippen LogP contribution in [0.15, 0.2) is 35.2 Å². The lowest BCUT2D eigenvalue weighted by Gasteiger charge is -2.05. The van der Waals surface area contributed by atoms with Crippen LogP contribution in [0.5, 0.6) is 0 Å². The van der Waals surface area contributed by atoms with Gasteiger partial charge in [-0.1, -0.05) is 22.0 Å². The summed E-state index contributed by atoms with van der Waals surface area (Å²) in [6.07, 6.45) is 4.31. The van der Waals surface area contributed by atoms with Crippen LogP contribution in [-0.2, 0) is 13.0 Å². The maximum absolute atomic E-state index is 13.5. The fourth-order valence-electron chi connectivity index (χ4n) is 1.53. The van der Waals surface area contributed by atoms with Gasteiger partial charge in [0.2, 0.25) is 0 Å². The van der Waals surface area contributed by atoms with Crippen LogP contribution < -0.4 is 5.32 Å². The Balaban J connectivity index is 1.78. The normalized spacial score (nSPS) is 10.7. The number of nitrogens with zero attached hydrogens (tertiary/aromatic N) is 1. The Kier molecular flexibility index (Phi) is 4.28. The number of halogens is 2. The van der Waals surface area contributed by atoms with E-state index in [0.29, 0.717) is 12.1 Å². The molecule has 0 amide bonds. The molecule has 0 bridgehead atoms. The lowest BCUT2D eigenvalue weighted by Crippen LogP contribution is -2.17. The highest BCUT2D eigenvalue weighted by Gasteiger charge is 2.02. The molecule has 3 nitrogen and oxygen atoms in total. The standard InChI is InChI=1S/C12H13BrFN3/c13-10-2-1-9(12(14)5-10)6-15-4-3-11-7-16-8-17-11/h1-2,5,7-8,15H,3-4,6H2,(H,16,17). The van der Waals surface area contributed by atoms with Crippen LogP contribution in [0.4, 0.5) is 4.39 Å². The third-order valence-corrected chi connectivity index (χ3v) is 2.95. The van der Waals surface area contributed by atoms with Crippen molar-refractivity contribution >= 4 is 15.9 Å². The molecule has 2 aromatic rings. The van der Waals surface area contributed by atoms with E-state index in [4.69, 9.17) is 0 Å². The molecular formula is C12H13BrFN3. The topological polar surface area (TPSA) is 40.7 Å². The summed E-state index contributed by atoms with van der Waals surface area (Å²) in [5.74, 6) is -0.187. The minimum Gasteiger partial charge on any atom is -0.348 e. The number of hydrogen-bond acceptors (Lipinski definition) is 2. The molecule has 2 rings (SSSR count). The monoisotopic (exact) mass is 297 g/mol. The van der Waals surface area contributed by atoms with Crippen molar-refractivity contribution in [2.24, 2.45) is 0 Å². The van der Waals surface area contributed by atoms with E-state index in [1.54, 1.807) is 18.6 Å². The highest BCUT2D eigenvalue weighted by Crippen LogP contribution is 2.14. The van der Waals surface area contributed by atoms with Crippen molar-refractivity contribution in [3.05, 3.63) is 52.3 Å². The third kappa shape index (κ3) is 3.64. The molecule has 0 aliphatic heterocycles. The molecule has 0 aliphatic rings. The predicted molar refractivity (Wildman–Crippen MR) is 68.1 cm³/mol. The van der Waals surface area contributed by atoms with Crippen molar-refractivity contribution in [1.29, 1.82) is 0 Å². The molecule has 0 spiro atoms. The molecule has 0 aliphatic carbocycles. The first kappa shape index (κ1) is 12.3. The average molecular weight is 298 g/mol. The summed E-state index contributed by atoms with van der Waals surface area (Å²) in [6.45, 7) is 1.32. The van der Waals surface area contributed by atoms with Crippen LogP contribution in [-0.4, -0.2) is 16.5 Å². The maximum Gasteiger partial charge on any atom is 0.128 e. The van der Waals surface area contributed by atoms with E-state index in [9.17, 15) is 4.39 Å². The second kappa shape index (κ2) is 5.93. The molecular weight excluding hydrogens is 285 g/mol. The largest absolute Gasteiger partial charge is 0.348 e. The van der Waals surface area contributed by atoms with Crippen LogP contribution in [0, 0.1) is 5.82 Å². The van der Waals surface area contributed by atoms with Crippen LogP contribution in [0.25, 0.3) is 0 Å². The highest BCUT2D eigenvalue weighted by atomic mass is 79.9. The summed E-state index contributed by atoms with van der Waals surface area (Å²) in [6, 6.07) is 5.10. The number of benzene rings is 1. The first-order chi connectivity index (χ1) is 8.25. The minimum absolute atomic E-state index is 0.187. The van der Waals surface area contributed by atoms with Crippen LogP contribution in [0.1, 0.15) is 11.3 Å². The summed E-state index contributed by atoms with van der Waals surface area (Å²) < 4.78 is 14.2. The van der Waals surface area contributed by atoms with Gasteiger partial charge in [-0.15, -0.1) is 0 Å². The van der Waals surface area contributed by atoms with Gasteiger partial charge in [-0.2, -0.15) is 0 Å². The molecule has 1 heterocycles. The molecule has 5 heteroatoms. The van der Waals surface area contributed by atoms with E-state index < -0.39 is 0 Å². The van der Waals surface area contributed by atoms with E-state index in [-0.39, 0.29) is 5.82 Å². The number of imidazole rings is 1. The molecule has 0 unspecified atom stereocenters. The first-order valence-corrected chi connectivity index (χ1v) is 6.17. The molecule has 2 N–H and O–H groups in total. The molecule has 0 atom stereocenters. The van der Waals surface area contributed by atoms with E-state index in [2.05, 4.69) is 31.2 Å². The Morgan fingerprint density at radius 2 is 2.29 bits per heavy atom. The number of aromatic nitrogens is 2. The van der Waals surface area contributed by atoms with Gasteiger partial charge in [0.15, 0.2) is 0 Å². The van der Waals surface area contributed by atoms with Gasteiger partial charge in [-0.3, -0.25) is 0 Å². The Morgan fingerprint density at radius 3 is 3.00 bits per heavy atom. The Bertz CT molecular complexity index is 471. The van der Waals surface area contributed by atoms with Gasteiger partial charge in [-0.05, 0) is 12.1 Å². The molecule has 0 fully saturated rings. The zero-order valence-electron chi connectivity index (χ0n) is 9.21. The highest BCUT2D eigenvalue weighted by molar-refractivity contribution is 9.10. The summed E-state index contributed by atoms with van der Waals surface area (Å²) in [5.41, 5.74) is 1.76. The number of H-pyrrole nitrogens is 1. The van der Waals surface area contributed by atoms with Gasteiger partial charge in [0.05, 0.1) is 6.33 Å². The fourth-order valence-corrected chi connectivity index (χ4v) is 1.87. The number of nitrogens with one attached hydrogen (secondary N) is 2. The van der Waals surface area contributed by atoms with Crippen molar-refractivity contribution < 1.29 is 4.39 Å². The van der Waals surface area contributed by atoms with Gasteiger partial charge < -0.3 is 10.3 Å². The molecule has 0 saturated carbocycles. The Labute approximate surface area is 108 Å². The molecule has 1 aromatic heterocycles. The summed E-state index contributed by atoms with van der Waals surface area (Å²) in [5, 5.41) is 3.20. The summed E-state index contributed by atoms with van der Waals surface area (Å²) in [4.78, 5) is 6.96. The van der Waals surface area contributed by atoms with Crippen molar-refractivity contribution in [3.63, 3.8) is 0 Å². The number of rotatable bonds is 5. The molecule has 0 saturated heterocycles. The smallest absolute Gasteiger partial charge is 0.128 e. The van der Waals surface area contributed by atoms with E-state index in [0.717, 1.165) is 23.1 Å². The van der Waals surface area contributed by atoms with Crippen molar-refractivity contribution in [1.82, 2.24) is 15.3 Å². The number of aromatic amines is 1. The van der Waals surface area contributed by atoms with Gasteiger partial charge in [0.25, 0.3) is 0 Å². The quantitative estimate of drug-likeness (QED) is 0.833. The predicted octanol–water partition coefficient (Wildman–Crippen LogP) is 2.64. The summed E-state index contributed by atoms with van der Waals surface area (Å²) >= 11 is 3.23. The number of hydrogen-bond donors (Lipinski definition) is 2. The van der Waals surface area contributed by atoms with E-state index in [1.165, 1.54) is 6.07 Å². The van der Waals surface area contributed by atoms with Gasteiger partial charge in [-0.25, -0.2) is 9.37 Å². The molecule has 17 heavy (non-hydrogen) atoms. The fraction of sp³-hybridized carbons (Fsp3) is 0.250. The molecule has 0 radical (unpaired) electrons. The molecule has 1 aromatic carbocycles. The van der Waals surface area contributed by atoms with Crippen LogP contribution in [0.3, 0.4) is 0 Å². The first-order valence-electron chi connectivity index (χ1n) is 5.37. The van der Waals surface area contributed by atoms with Crippen LogP contribution >= 0.6 is 15.9 Å². The van der Waals surface area contributed by atoms with Crippen molar-refractivity contribution in [3.8, 4) is 0 Å². The zero-order valence-corrected chi connectivity index (χ0v) is 10.8.